The molecule has 0 saturated carbocycles. The number of esters is 2. The molecule has 0 aliphatic rings. The van der Waals surface area contributed by atoms with Crippen LogP contribution in [0, 0.1) is 0 Å². The van der Waals surface area contributed by atoms with E-state index in [2.05, 4.69) is 74.6 Å². The van der Waals surface area contributed by atoms with Crippen LogP contribution in [0.1, 0.15) is 258 Å². The number of aliphatic carboxylic acids is 1. The standard InChI is InChI=1S/C62H111NO8/c1-6-8-10-12-14-16-18-20-22-24-26-28-29-30-31-33-35-37-39-41-43-45-47-49-51-53-60(65)71-58(57-70-62(61(66)67)68-55-54-63(3,4)5)56-69-59(64)52-50-48-46-44-42-40-38-36-34-32-27-25-23-21-19-17-15-13-11-9-7-2/h8,10,14,16,20,22,25-28,58,62H,6-7,9,11-13,15,17-19,21,23-24,29-57H2,1-5H3/b10-8-,16-14-,22-20-,27-25-,28-26-. The average Bonchev–Trinajstić information content (AvgIpc) is 3.34. The van der Waals surface area contributed by atoms with Crippen LogP contribution in [0.4, 0.5) is 0 Å². The van der Waals surface area contributed by atoms with Gasteiger partial charge < -0.3 is 33.3 Å². The van der Waals surface area contributed by atoms with Gasteiger partial charge in [0.25, 0.3) is 0 Å². The lowest BCUT2D eigenvalue weighted by molar-refractivity contribution is -0.870. The van der Waals surface area contributed by atoms with E-state index in [1.165, 1.54) is 161 Å². The molecular formula is C62H111NO8. The Bertz CT molecular complexity index is 1350. The number of ether oxygens (including phenoxy) is 4. The average molecular weight is 999 g/mol. The number of carboxylic acid groups (broad SMARTS) is 1. The Labute approximate surface area is 437 Å². The summed E-state index contributed by atoms with van der Waals surface area (Å²) < 4.78 is 22.7. The van der Waals surface area contributed by atoms with Crippen LogP contribution in [0.2, 0.25) is 0 Å². The van der Waals surface area contributed by atoms with Crippen molar-refractivity contribution in [2.24, 2.45) is 0 Å². The summed E-state index contributed by atoms with van der Waals surface area (Å²) in [5.74, 6) is -2.28. The maximum atomic E-state index is 12.9. The summed E-state index contributed by atoms with van der Waals surface area (Å²) >= 11 is 0. The lowest BCUT2D eigenvalue weighted by Gasteiger charge is -2.26. The third-order valence-corrected chi connectivity index (χ3v) is 12.7. The smallest absolute Gasteiger partial charge is 0.306 e. The fourth-order valence-electron chi connectivity index (χ4n) is 8.23. The van der Waals surface area contributed by atoms with Crippen molar-refractivity contribution in [2.45, 2.75) is 270 Å². The first-order chi connectivity index (χ1) is 34.6. The molecule has 2 atom stereocenters. The van der Waals surface area contributed by atoms with Crippen LogP contribution in [-0.2, 0) is 33.3 Å². The molecule has 412 valence electrons. The van der Waals surface area contributed by atoms with E-state index in [1.807, 2.05) is 21.1 Å². The first-order valence-corrected chi connectivity index (χ1v) is 29.4. The maximum absolute atomic E-state index is 12.9. The van der Waals surface area contributed by atoms with Gasteiger partial charge in [-0.05, 0) is 77.0 Å². The van der Waals surface area contributed by atoms with Crippen LogP contribution in [0.3, 0.4) is 0 Å². The summed E-state index contributed by atoms with van der Waals surface area (Å²) in [7, 11) is 5.92. The van der Waals surface area contributed by atoms with Crippen LogP contribution in [0.15, 0.2) is 60.8 Å². The molecule has 0 saturated heterocycles. The minimum absolute atomic E-state index is 0.146. The van der Waals surface area contributed by atoms with Gasteiger partial charge in [-0.3, -0.25) is 9.59 Å². The van der Waals surface area contributed by atoms with Crippen molar-refractivity contribution >= 4 is 17.9 Å². The zero-order valence-corrected chi connectivity index (χ0v) is 46.8. The molecular weight excluding hydrogens is 887 g/mol. The quantitative estimate of drug-likeness (QED) is 0.0195. The van der Waals surface area contributed by atoms with Crippen molar-refractivity contribution in [1.82, 2.24) is 0 Å². The molecule has 2 unspecified atom stereocenters. The van der Waals surface area contributed by atoms with Crippen LogP contribution >= 0.6 is 0 Å². The second kappa shape index (κ2) is 53.3. The summed E-state index contributed by atoms with van der Waals surface area (Å²) in [6.45, 7) is 4.66. The lowest BCUT2D eigenvalue weighted by atomic mass is 10.0. The number of carbonyl (C=O) groups is 3. The first-order valence-electron chi connectivity index (χ1n) is 29.4. The molecule has 0 aromatic rings. The highest BCUT2D eigenvalue weighted by atomic mass is 16.7. The first kappa shape index (κ1) is 68.0. The normalized spacial score (nSPS) is 13.2. The number of quaternary nitrogens is 1. The van der Waals surface area contributed by atoms with E-state index < -0.39 is 24.3 Å². The fraction of sp³-hybridized carbons (Fsp3) is 0.790. The number of rotatable bonds is 54. The molecule has 0 aliphatic heterocycles. The van der Waals surface area contributed by atoms with Gasteiger partial charge in [-0.2, -0.15) is 0 Å². The van der Waals surface area contributed by atoms with Gasteiger partial charge in [0, 0.05) is 12.8 Å². The third-order valence-electron chi connectivity index (χ3n) is 12.7. The molecule has 0 heterocycles. The predicted molar refractivity (Wildman–Crippen MR) is 297 cm³/mol. The SMILES string of the molecule is CC/C=C\C/C=C\C/C=C\C/C=C\CCCCCCCCCCCCCCC(=O)OC(COC(=O)CCCCCCCCCCC/C=C\CCCCCCCCCC)COC(OCC[N+](C)(C)C)C(=O)[O-]. The van der Waals surface area contributed by atoms with E-state index in [1.54, 1.807) is 0 Å². The molecule has 9 nitrogen and oxygen atoms in total. The molecule has 0 bridgehead atoms. The number of nitrogens with zero attached hydrogens (tertiary/aromatic N) is 1. The zero-order chi connectivity index (χ0) is 52.0. The van der Waals surface area contributed by atoms with Crippen molar-refractivity contribution in [1.29, 1.82) is 0 Å². The molecule has 0 radical (unpaired) electrons. The molecule has 0 rings (SSSR count). The lowest BCUT2D eigenvalue weighted by Crippen LogP contribution is -2.44. The van der Waals surface area contributed by atoms with Gasteiger partial charge in [0.1, 0.15) is 13.2 Å². The summed E-state index contributed by atoms with van der Waals surface area (Å²) in [4.78, 5) is 37.3. The van der Waals surface area contributed by atoms with Crippen molar-refractivity contribution in [3.63, 3.8) is 0 Å². The van der Waals surface area contributed by atoms with Gasteiger partial charge >= 0.3 is 11.9 Å². The molecule has 9 heteroatoms. The van der Waals surface area contributed by atoms with Gasteiger partial charge in [-0.15, -0.1) is 0 Å². The summed E-state index contributed by atoms with van der Waals surface area (Å²) in [5.41, 5.74) is 0. The highest BCUT2D eigenvalue weighted by Crippen LogP contribution is 2.16. The number of likely N-dealkylation sites (N-methyl/N-ethyl adjacent to an activating group) is 1. The van der Waals surface area contributed by atoms with E-state index in [4.69, 9.17) is 18.9 Å². The Kier molecular flexibility index (Phi) is 51.0. The zero-order valence-electron chi connectivity index (χ0n) is 46.8. The molecule has 0 fully saturated rings. The number of carboxylic acids is 1. The predicted octanol–water partition coefficient (Wildman–Crippen LogP) is 15.9. The topological polar surface area (TPSA) is 111 Å². The molecule has 0 aromatic carbocycles. The Morgan fingerprint density at radius 3 is 1.21 bits per heavy atom. The molecule has 71 heavy (non-hydrogen) atoms. The molecule has 0 N–H and O–H groups in total. The Hall–Kier alpha value is -3.01. The Morgan fingerprint density at radius 2 is 0.803 bits per heavy atom. The molecule has 0 amide bonds. The summed E-state index contributed by atoms with van der Waals surface area (Å²) in [6, 6.07) is 0. The van der Waals surface area contributed by atoms with Gasteiger partial charge in [0.15, 0.2) is 12.4 Å². The van der Waals surface area contributed by atoms with Crippen molar-refractivity contribution < 1.29 is 42.9 Å². The molecule has 0 aliphatic carbocycles. The van der Waals surface area contributed by atoms with Crippen molar-refractivity contribution in [3.05, 3.63) is 60.8 Å². The van der Waals surface area contributed by atoms with Crippen LogP contribution in [-0.4, -0.2) is 82.3 Å². The number of hydrogen-bond acceptors (Lipinski definition) is 8. The van der Waals surface area contributed by atoms with Gasteiger partial charge in [0.2, 0.25) is 0 Å². The van der Waals surface area contributed by atoms with E-state index in [-0.39, 0.29) is 38.6 Å². The highest BCUT2D eigenvalue weighted by Gasteiger charge is 2.22. The second-order valence-corrected chi connectivity index (χ2v) is 20.9. The summed E-state index contributed by atoms with van der Waals surface area (Å²) in [5, 5.41) is 11.8. The number of hydrogen-bond donors (Lipinski definition) is 0. The molecule has 0 aromatic heterocycles. The van der Waals surface area contributed by atoms with Crippen LogP contribution in [0.5, 0.6) is 0 Å². The maximum Gasteiger partial charge on any atom is 0.306 e. The minimum atomic E-state index is -1.62. The van der Waals surface area contributed by atoms with E-state index in [9.17, 15) is 19.5 Å². The second-order valence-electron chi connectivity index (χ2n) is 20.9. The summed E-state index contributed by atoms with van der Waals surface area (Å²) in [6.07, 6.45) is 64.1. The van der Waals surface area contributed by atoms with Crippen LogP contribution in [0.25, 0.3) is 0 Å². The van der Waals surface area contributed by atoms with Crippen LogP contribution < -0.4 is 5.11 Å². The minimum Gasteiger partial charge on any atom is -0.545 e. The third kappa shape index (κ3) is 54.6. The Morgan fingerprint density at radius 1 is 0.437 bits per heavy atom. The van der Waals surface area contributed by atoms with Gasteiger partial charge in [-0.1, -0.05) is 229 Å². The monoisotopic (exact) mass is 998 g/mol. The van der Waals surface area contributed by atoms with E-state index in [0.29, 0.717) is 17.4 Å². The van der Waals surface area contributed by atoms with Crippen molar-refractivity contribution in [3.8, 4) is 0 Å². The molecule has 0 spiro atoms. The van der Waals surface area contributed by atoms with E-state index in [0.717, 1.165) is 64.2 Å². The van der Waals surface area contributed by atoms with Gasteiger partial charge in [0.05, 0.1) is 40.3 Å². The number of carbonyl (C=O) groups excluding carboxylic acids is 3. The number of allylic oxidation sites excluding steroid dienone is 10. The van der Waals surface area contributed by atoms with E-state index >= 15 is 0 Å². The Balaban J connectivity index is 4.24. The van der Waals surface area contributed by atoms with Crippen molar-refractivity contribution in [2.75, 3.05) is 47.5 Å². The van der Waals surface area contributed by atoms with Gasteiger partial charge in [-0.25, -0.2) is 0 Å². The fourth-order valence-corrected chi connectivity index (χ4v) is 8.23. The largest absolute Gasteiger partial charge is 0.545 e. The highest BCUT2D eigenvalue weighted by molar-refractivity contribution is 5.70. The number of unbranched alkanes of at least 4 members (excludes halogenated alkanes) is 29.